The first-order valence-electron chi connectivity index (χ1n) is 5.21. The molecule has 16 heavy (non-hydrogen) atoms. The molecule has 0 amide bonds. The molecule has 2 rings (SSSR count). The van der Waals surface area contributed by atoms with Crippen LogP contribution in [0.25, 0.3) is 0 Å². The molecule has 3 N–H and O–H groups in total. The number of H-pyrrole nitrogens is 1. The lowest BCUT2D eigenvalue weighted by Gasteiger charge is -2.34. The molecular weight excluding hydrogens is 228 g/mol. The zero-order valence-electron chi connectivity index (χ0n) is 9.13. The van der Waals surface area contributed by atoms with Crippen LogP contribution >= 0.6 is 0 Å². The van der Waals surface area contributed by atoms with Crippen LogP contribution in [0.5, 0.6) is 0 Å². The molecule has 1 aliphatic rings. The Morgan fingerprint density at radius 1 is 1.62 bits per heavy atom. The normalized spacial score (nSPS) is 25.7. The number of hydrogen-bond donors (Lipinski definition) is 2. The second-order valence-electron chi connectivity index (χ2n) is 4.32. The third-order valence-electron chi connectivity index (χ3n) is 2.97. The topological polar surface area (TPSA) is 92.1 Å². The molecule has 7 heteroatoms. The van der Waals surface area contributed by atoms with Crippen molar-refractivity contribution in [2.45, 2.75) is 23.8 Å². The molecule has 90 valence electrons. The van der Waals surface area contributed by atoms with Crippen LogP contribution in [0.2, 0.25) is 0 Å². The van der Waals surface area contributed by atoms with E-state index in [1.807, 2.05) is 0 Å². The average Bonchev–Trinajstić information content (AvgIpc) is 2.68. The summed E-state index contributed by atoms with van der Waals surface area (Å²) in [5.74, 6) is 0.390. The van der Waals surface area contributed by atoms with Gasteiger partial charge in [0.1, 0.15) is 4.90 Å². The Morgan fingerprint density at radius 2 is 2.31 bits per heavy atom. The van der Waals surface area contributed by atoms with E-state index in [1.165, 1.54) is 16.7 Å². The summed E-state index contributed by atoms with van der Waals surface area (Å²) in [6.45, 7) is 0.529. The number of hydrogen-bond acceptors (Lipinski definition) is 4. The van der Waals surface area contributed by atoms with E-state index >= 15 is 0 Å². The molecule has 1 fully saturated rings. The van der Waals surface area contributed by atoms with Crippen molar-refractivity contribution in [2.24, 2.45) is 11.7 Å². The van der Waals surface area contributed by atoms with E-state index in [4.69, 9.17) is 5.73 Å². The lowest BCUT2D eigenvalue weighted by molar-refractivity contribution is 0.227. The summed E-state index contributed by atoms with van der Waals surface area (Å²) in [5.41, 5.74) is 5.67. The van der Waals surface area contributed by atoms with Crippen LogP contribution in [0.3, 0.4) is 0 Å². The summed E-state index contributed by atoms with van der Waals surface area (Å²) >= 11 is 0. The molecule has 0 aliphatic heterocycles. The molecule has 0 unspecified atom stereocenters. The van der Waals surface area contributed by atoms with Crippen molar-refractivity contribution in [3.63, 3.8) is 0 Å². The second-order valence-corrected chi connectivity index (χ2v) is 6.36. The zero-order valence-corrected chi connectivity index (χ0v) is 9.94. The van der Waals surface area contributed by atoms with Crippen molar-refractivity contribution < 1.29 is 8.42 Å². The summed E-state index contributed by atoms with van der Waals surface area (Å²) in [6, 6.07) is 0.245. The Balaban J connectivity index is 2.01. The molecule has 1 aromatic rings. The van der Waals surface area contributed by atoms with Gasteiger partial charge in [-0.2, -0.15) is 5.10 Å². The number of aromatic nitrogens is 2. The van der Waals surface area contributed by atoms with Crippen LogP contribution in [-0.2, 0) is 10.0 Å². The van der Waals surface area contributed by atoms with E-state index < -0.39 is 10.0 Å². The molecule has 6 nitrogen and oxygen atoms in total. The average molecular weight is 244 g/mol. The molecule has 0 saturated heterocycles. The van der Waals surface area contributed by atoms with Crippen molar-refractivity contribution in [3.8, 4) is 0 Å². The summed E-state index contributed by atoms with van der Waals surface area (Å²) in [4.78, 5) is 0.207. The van der Waals surface area contributed by atoms with Gasteiger partial charge in [0.05, 0.1) is 6.20 Å². The third-order valence-corrected chi connectivity index (χ3v) is 4.76. The van der Waals surface area contributed by atoms with E-state index in [2.05, 4.69) is 10.2 Å². The lowest BCUT2D eigenvalue weighted by Crippen LogP contribution is -2.43. The van der Waals surface area contributed by atoms with E-state index in [9.17, 15) is 8.42 Å². The SMILES string of the molecule is CN(CC1CC(N)C1)S(=O)(=O)c1cn[nH]c1. The van der Waals surface area contributed by atoms with Crippen LogP contribution in [0, 0.1) is 5.92 Å². The van der Waals surface area contributed by atoms with Gasteiger partial charge in [0.25, 0.3) is 0 Å². The smallest absolute Gasteiger partial charge is 0.245 e. The molecule has 1 saturated carbocycles. The largest absolute Gasteiger partial charge is 0.328 e. The number of aromatic amines is 1. The predicted molar refractivity (Wildman–Crippen MR) is 59.1 cm³/mol. The Bertz CT molecular complexity index is 436. The van der Waals surface area contributed by atoms with Gasteiger partial charge in [-0.3, -0.25) is 5.10 Å². The molecule has 0 spiro atoms. The van der Waals surface area contributed by atoms with Crippen LogP contribution in [-0.4, -0.2) is 42.6 Å². The molecule has 0 bridgehead atoms. The minimum atomic E-state index is -3.39. The molecule has 1 aliphatic carbocycles. The van der Waals surface area contributed by atoms with Crippen LogP contribution < -0.4 is 5.73 Å². The van der Waals surface area contributed by atoms with Gasteiger partial charge >= 0.3 is 0 Å². The minimum absolute atomic E-state index is 0.207. The fourth-order valence-corrected chi connectivity index (χ4v) is 3.11. The number of nitrogens with two attached hydrogens (primary N) is 1. The molecular formula is C9H16N4O2S. The Kier molecular flexibility index (Phi) is 3.00. The van der Waals surface area contributed by atoms with Gasteiger partial charge in [-0.15, -0.1) is 0 Å². The Hall–Kier alpha value is -0.920. The summed E-state index contributed by atoms with van der Waals surface area (Å²) in [7, 11) is -1.80. The lowest BCUT2D eigenvalue weighted by atomic mass is 9.81. The van der Waals surface area contributed by atoms with Gasteiger partial charge < -0.3 is 5.73 Å². The van der Waals surface area contributed by atoms with Crippen LogP contribution in [0.15, 0.2) is 17.3 Å². The second kappa shape index (κ2) is 4.15. The van der Waals surface area contributed by atoms with Gasteiger partial charge in [0.2, 0.25) is 10.0 Å². The summed E-state index contributed by atoms with van der Waals surface area (Å²) < 4.78 is 25.3. The number of rotatable bonds is 4. The molecule has 0 radical (unpaired) electrons. The monoisotopic (exact) mass is 244 g/mol. The molecule has 0 aromatic carbocycles. The van der Waals surface area contributed by atoms with Gasteiger partial charge in [-0.05, 0) is 18.8 Å². The maximum Gasteiger partial charge on any atom is 0.245 e. The summed E-state index contributed by atoms with van der Waals surface area (Å²) in [5, 5.41) is 6.15. The van der Waals surface area contributed by atoms with E-state index in [-0.39, 0.29) is 10.9 Å². The first kappa shape index (κ1) is 11.6. The van der Waals surface area contributed by atoms with Gasteiger partial charge in [-0.1, -0.05) is 0 Å². The first-order valence-corrected chi connectivity index (χ1v) is 6.65. The number of sulfonamides is 1. The van der Waals surface area contributed by atoms with Crippen molar-refractivity contribution >= 4 is 10.0 Å². The first-order chi connectivity index (χ1) is 7.50. The number of nitrogens with one attached hydrogen (secondary N) is 1. The third kappa shape index (κ3) is 2.11. The van der Waals surface area contributed by atoms with E-state index in [0.717, 1.165) is 12.8 Å². The zero-order chi connectivity index (χ0) is 11.8. The Labute approximate surface area is 94.9 Å². The fraction of sp³-hybridized carbons (Fsp3) is 0.667. The highest BCUT2D eigenvalue weighted by Gasteiger charge is 2.31. The maximum absolute atomic E-state index is 12.0. The number of nitrogens with zero attached hydrogens (tertiary/aromatic N) is 2. The van der Waals surface area contributed by atoms with Crippen LogP contribution in [0.1, 0.15) is 12.8 Å². The van der Waals surface area contributed by atoms with Crippen molar-refractivity contribution in [3.05, 3.63) is 12.4 Å². The maximum atomic E-state index is 12.0. The highest BCUT2D eigenvalue weighted by Crippen LogP contribution is 2.27. The van der Waals surface area contributed by atoms with E-state index in [1.54, 1.807) is 7.05 Å². The van der Waals surface area contributed by atoms with Crippen LogP contribution in [0.4, 0.5) is 0 Å². The standard InChI is InChI=1S/C9H16N4O2S/c1-13(6-7-2-8(10)3-7)16(14,15)9-4-11-12-5-9/h4-5,7-8H,2-3,6,10H2,1H3,(H,11,12). The molecule has 1 heterocycles. The van der Waals surface area contributed by atoms with Gasteiger partial charge in [-0.25, -0.2) is 12.7 Å². The highest BCUT2D eigenvalue weighted by atomic mass is 32.2. The van der Waals surface area contributed by atoms with Crippen molar-refractivity contribution in [1.29, 1.82) is 0 Å². The fourth-order valence-electron chi connectivity index (χ4n) is 1.96. The van der Waals surface area contributed by atoms with Crippen molar-refractivity contribution in [2.75, 3.05) is 13.6 Å². The predicted octanol–water partition coefficient (Wildman–Crippen LogP) is -0.232. The summed E-state index contributed by atoms with van der Waals surface area (Å²) in [6.07, 6.45) is 4.52. The van der Waals surface area contributed by atoms with Gasteiger partial charge in [0.15, 0.2) is 0 Å². The molecule has 0 atom stereocenters. The molecule has 1 aromatic heterocycles. The van der Waals surface area contributed by atoms with E-state index in [0.29, 0.717) is 12.5 Å². The quantitative estimate of drug-likeness (QED) is 0.765. The van der Waals surface area contributed by atoms with Crippen molar-refractivity contribution in [1.82, 2.24) is 14.5 Å². The van der Waals surface area contributed by atoms with Gasteiger partial charge in [0, 0.05) is 25.8 Å². The highest BCUT2D eigenvalue weighted by molar-refractivity contribution is 7.89. The minimum Gasteiger partial charge on any atom is -0.328 e. The Morgan fingerprint density at radius 3 is 2.81 bits per heavy atom.